The predicted molar refractivity (Wildman–Crippen MR) is 39.1 cm³/mol. The third kappa shape index (κ3) is 1.42. The second kappa shape index (κ2) is 3.34. The van der Waals surface area contributed by atoms with Crippen molar-refractivity contribution in [3.63, 3.8) is 0 Å². The summed E-state index contributed by atoms with van der Waals surface area (Å²) in [5, 5.41) is 0. The average Bonchev–Trinajstić information content (AvgIpc) is 2.22. The number of hydrogen-bond acceptors (Lipinski definition) is 0. The van der Waals surface area contributed by atoms with Crippen LogP contribution >= 0.6 is 0 Å². The smallest absolute Gasteiger partial charge is 0.203 e. The molecule has 0 saturated carbocycles. The highest BCUT2D eigenvalue weighted by Gasteiger charge is 2.74. The van der Waals surface area contributed by atoms with Gasteiger partial charge in [0.15, 0.2) is 17.5 Å². The molecule has 19 heavy (non-hydrogen) atoms. The Morgan fingerprint density at radius 3 is 1.47 bits per heavy atom. The number of halogens is 10. The lowest BCUT2D eigenvalue weighted by atomic mass is 9.76. The molecule has 0 bridgehead atoms. The zero-order chi connectivity index (χ0) is 15.0. The van der Waals surface area contributed by atoms with Crippen molar-refractivity contribution < 1.29 is 43.9 Å². The van der Waals surface area contributed by atoms with E-state index in [-0.39, 0.29) is 0 Å². The van der Waals surface area contributed by atoms with Crippen molar-refractivity contribution in [2.24, 2.45) is 0 Å². The van der Waals surface area contributed by atoms with E-state index in [1.165, 1.54) is 0 Å². The SMILES string of the molecule is Fc1c(F)c(C(F)(F)F)c2c(c1F)C(F)(F)C2(F)F. The van der Waals surface area contributed by atoms with E-state index in [0.717, 1.165) is 0 Å². The first-order valence-corrected chi connectivity index (χ1v) is 4.39. The van der Waals surface area contributed by atoms with Crippen molar-refractivity contribution in [3.8, 4) is 0 Å². The molecule has 1 aliphatic rings. The van der Waals surface area contributed by atoms with Gasteiger partial charge >= 0.3 is 18.0 Å². The van der Waals surface area contributed by atoms with Gasteiger partial charge in [-0.1, -0.05) is 0 Å². The van der Waals surface area contributed by atoms with Crippen molar-refractivity contribution in [1.82, 2.24) is 0 Å². The van der Waals surface area contributed by atoms with Gasteiger partial charge in [0, 0.05) is 0 Å². The fourth-order valence-electron chi connectivity index (χ4n) is 1.79. The van der Waals surface area contributed by atoms with Gasteiger partial charge in [-0.2, -0.15) is 30.7 Å². The van der Waals surface area contributed by atoms with E-state index >= 15 is 0 Å². The molecular weight excluding hydrogens is 298 g/mol. The molecular formula is C9F10. The molecule has 10 heteroatoms. The fourth-order valence-corrected chi connectivity index (χ4v) is 1.79. The van der Waals surface area contributed by atoms with Crippen molar-refractivity contribution >= 4 is 0 Å². The molecule has 0 saturated heterocycles. The number of rotatable bonds is 0. The summed E-state index contributed by atoms with van der Waals surface area (Å²) in [5.74, 6) is -19.4. The predicted octanol–water partition coefficient (Wildman–Crippen LogP) is 4.32. The van der Waals surface area contributed by atoms with Crippen LogP contribution < -0.4 is 0 Å². The molecule has 1 aliphatic carbocycles. The van der Waals surface area contributed by atoms with Crippen LogP contribution in [0, 0.1) is 17.5 Å². The standard InChI is InChI=1S/C9F10/c10-4-2-1(7(13,14)8(2,15)16)3(9(17,18)19)5(11)6(4)12. The van der Waals surface area contributed by atoms with Crippen molar-refractivity contribution in [2.45, 2.75) is 18.0 Å². The van der Waals surface area contributed by atoms with Crippen molar-refractivity contribution in [1.29, 1.82) is 0 Å². The Morgan fingerprint density at radius 1 is 0.632 bits per heavy atom. The zero-order valence-corrected chi connectivity index (χ0v) is 8.28. The maximum Gasteiger partial charge on any atom is 0.419 e. The first-order valence-electron chi connectivity index (χ1n) is 4.39. The summed E-state index contributed by atoms with van der Waals surface area (Å²) >= 11 is 0. The van der Waals surface area contributed by atoms with Gasteiger partial charge < -0.3 is 0 Å². The number of hydrogen-bond donors (Lipinski definition) is 0. The molecule has 0 fully saturated rings. The monoisotopic (exact) mass is 298 g/mol. The summed E-state index contributed by atoms with van der Waals surface area (Å²) in [7, 11) is 0. The Hall–Kier alpha value is -1.48. The molecule has 1 aromatic rings. The van der Waals surface area contributed by atoms with Crippen LogP contribution in [0.1, 0.15) is 16.7 Å². The molecule has 0 aromatic heterocycles. The lowest BCUT2D eigenvalue weighted by molar-refractivity contribution is -0.261. The molecule has 0 heterocycles. The second-order valence-corrected chi connectivity index (χ2v) is 3.71. The lowest BCUT2D eigenvalue weighted by Crippen LogP contribution is -2.50. The minimum atomic E-state index is -5.87. The fraction of sp³-hybridized carbons (Fsp3) is 0.333. The Balaban J connectivity index is 2.96. The molecule has 0 spiro atoms. The molecule has 0 amide bonds. The minimum Gasteiger partial charge on any atom is -0.203 e. The van der Waals surface area contributed by atoms with Gasteiger partial charge in [-0.25, -0.2) is 13.2 Å². The molecule has 0 aliphatic heterocycles. The molecule has 0 nitrogen and oxygen atoms in total. The summed E-state index contributed by atoms with van der Waals surface area (Å²) in [6.45, 7) is 0. The third-order valence-corrected chi connectivity index (χ3v) is 2.63. The van der Waals surface area contributed by atoms with E-state index in [1.807, 2.05) is 0 Å². The van der Waals surface area contributed by atoms with Crippen molar-refractivity contribution in [2.75, 3.05) is 0 Å². The van der Waals surface area contributed by atoms with Gasteiger partial charge in [0.2, 0.25) is 0 Å². The second-order valence-electron chi connectivity index (χ2n) is 3.71. The van der Waals surface area contributed by atoms with Crippen LogP contribution in [-0.4, -0.2) is 0 Å². The Kier molecular flexibility index (Phi) is 2.45. The number of alkyl halides is 7. The van der Waals surface area contributed by atoms with Crippen LogP contribution in [0.4, 0.5) is 43.9 Å². The average molecular weight is 298 g/mol. The number of benzene rings is 1. The van der Waals surface area contributed by atoms with Crippen LogP contribution in [-0.2, 0) is 18.0 Å². The Labute approximate surface area is 97.2 Å². The summed E-state index contributed by atoms with van der Waals surface area (Å²) in [6, 6.07) is 0. The molecule has 106 valence electrons. The van der Waals surface area contributed by atoms with Crippen LogP contribution in [0.2, 0.25) is 0 Å². The lowest BCUT2D eigenvalue weighted by Gasteiger charge is -2.40. The molecule has 0 radical (unpaired) electrons. The van der Waals surface area contributed by atoms with Gasteiger partial charge in [-0.3, -0.25) is 0 Å². The maximum atomic E-state index is 12.9. The van der Waals surface area contributed by atoms with E-state index < -0.39 is 52.2 Å². The van der Waals surface area contributed by atoms with E-state index in [1.54, 1.807) is 0 Å². The van der Waals surface area contributed by atoms with Crippen LogP contribution in [0.5, 0.6) is 0 Å². The third-order valence-electron chi connectivity index (χ3n) is 2.63. The molecule has 2 rings (SSSR count). The number of fused-ring (bicyclic) bond motifs is 1. The highest BCUT2D eigenvalue weighted by Crippen LogP contribution is 2.64. The highest BCUT2D eigenvalue weighted by atomic mass is 19.4. The quantitative estimate of drug-likeness (QED) is 0.494. The molecule has 0 N–H and O–H groups in total. The van der Waals surface area contributed by atoms with Crippen LogP contribution in [0.15, 0.2) is 0 Å². The Morgan fingerprint density at radius 2 is 1.05 bits per heavy atom. The summed E-state index contributed by atoms with van der Waals surface area (Å²) < 4.78 is 127. The van der Waals surface area contributed by atoms with E-state index in [0.29, 0.717) is 0 Å². The minimum absolute atomic E-state index is 2.47. The van der Waals surface area contributed by atoms with Crippen molar-refractivity contribution in [3.05, 3.63) is 34.1 Å². The zero-order valence-electron chi connectivity index (χ0n) is 8.28. The van der Waals surface area contributed by atoms with E-state index in [9.17, 15) is 43.9 Å². The van der Waals surface area contributed by atoms with Crippen LogP contribution in [0.3, 0.4) is 0 Å². The highest BCUT2D eigenvalue weighted by molar-refractivity contribution is 5.54. The normalized spacial score (nSPS) is 19.9. The first-order chi connectivity index (χ1) is 8.35. The first kappa shape index (κ1) is 13.9. The summed E-state index contributed by atoms with van der Waals surface area (Å²) in [4.78, 5) is 0. The summed E-state index contributed by atoms with van der Waals surface area (Å²) in [5.41, 5.74) is -7.96. The largest absolute Gasteiger partial charge is 0.419 e. The van der Waals surface area contributed by atoms with Gasteiger partial charge in [0.05, 0.1) is 11.1 Å². The van der Waals surface area contributed by atoms with E-state index in [4.69, 9.17) is 0 Å². The van der Waals surface area contributed by atoms with E-state index in [2.05, 4.69) is 0 Å². The van der Waals surface area contributed by atoms with Gasteiger partial charge in [-0.05, 0) is 0 Å². The maximum absolute atomic E-state index is 12.9. The molecule has 0 atom stereocenters. The molecule has 1 aromatic carbocycles. The summed E-state index contributed by atoms with van der Waals surface area (Å²) in [6.07, 6.45) is -5.87. The van der Waals surface area contributed by atoms with Crippen LogP contribution in [0.25, 0.3) is 0 Å². The van der Waals surface area contributed by atoms with Gasteiger partial charge in [-0.15, -0.1) is 0 Å². The van der Waals surface area contributed by atoms with Gasteiger partial charge in [0.1, 0.15) is 5.56 Å². The topological polar surface area (TPSA) is 0 Å². The Bertz CT molecular complexity index is 568. The molecule has 0 unspecified atom stereocenters. The van der Waals surface area contributed by atoms with Gasteiger partial charge in [0.25, 0.3) is 0 Å².